The maximum absolute atomic E-state index is 5.99. The van der Waals surface area contributed by atoms with Gasteiger partial charge in [-0.05, 0) is 212 Å². The van der Waals surface area contributed by atoms with Gasteiger partial charge in [0.15, 0.2) is 0 Å². The number of nitrogen functional groups attached to an aromatic ring is 1. The number of hydrogen-bond donors (Lipinski definition) is 1. The Morgan fingerprint density at radius 2 is 1.08 bits per heavy atom. The summed E-state index contributed by atoms with van der Waals surface area (Å²) in [4.78, 5) is 18.3. The van der Waals surface area contributed by atoms with E-state index in [9.17, 15) is 0 Å². The van der Waals surface area contributed by atoms with Crippen molar-refractivity contribution in [3.8, 4) is 0 Å². The van der Waals surface area contributed by atoms with E-state index in [0.717, 1.165) is 110 Å². The Morgan fingerprint density at radius 3 is 1.71 bits per heavy atom. The zero-order valence-electron chi connectivity index (χ0n) is 53.3. The third-order valence-corrected chi connectivity index (χ3v) is 18.0. The minimum Gasteiger partial charge on any atom is -0.384 e. The van der Waals surface area contributed by atoms with E-state index in [1.54, 1.807) is 0 Å². The number of aryl methyl sites for hydroxylation is 4. The van der Waals surface area contributed by atoms with E-state index in [4.69, 9.17) is 52.1 Å². The zero-order chi connectivity index (χ0) is 64.9. The topological polar surface area (TPSA) is 87.5 Å². The molecule has 2 N–H and O–H groups in total. The molecule has 92 heavy (non-hydrogen) atoms. The number of anilines is 3. The molecule has 2 aliphatic rings. The molecule has 0 saturated carbocycles. The van der Waals surface area contributed by atoms with Crippen LogP contribution in [-0.2, 0) is 39.9 Å². The number of halogens is 5. The standard InChI is InChI=1S/C19H15BrN4.C19H23Cl2N.C12H14ClN.C10H13N.C9H8ClN.C8H8N2/c1-24(17-11-13-7-2-4-8-14(13)18(20)23-17)19-15-9-5-3-6-12(15)10-16(21)22-19;1-22(14-2-4-16-6-10-18(20)11-7-16)15-3-5-17-8-12-19(21)13-9-17;1-14-8-6-11(7-9-14)10-2-4-12(13)5-3-10;1-11-7-6-9-4-2-3-5-10(9)8-11;1-11-5-4-7-6-8(10)2-3-9(7)11;1-10-8-5-3-2-4-7(8)6-9-10/h2-11H,1H3,(H2,21,22);6-13H,2-5,14-15H2,1H3;2-6H,7-9H2,1H3;2-5H,6-8H2,1H3;2-6H,1H3;2-6H,1H3. The molecule has 12 aromatic rings. The van der Waals surface area contributed by atoms with Gasteiger partial charge in [0.05, 0.1) is 11.7 Å². The molecular weight excluding hydrogens is 1290 g/mol. The smallest absolute Gasteiger partial charge is 0.144 e. The highest BCUT2D eigenvalue weighted by Gasteiger charge is 2.15. The van der Waals surface area contributed by atoms with Crippen molar-refractivity contribution in [2.24, 2.45) is 14.1 Å². The Bertz CT molecular complexity index is 4270. The van der Waals surface area contributed by atoms with Crippen molar-refractivity contribution in [2.45, 2.75) is 45.1 Å². The molecule has 474 valence electrons. The third kappa shape index (κ3) is 20.2. The van der Waals surface area contributed by atoms with E-state index in [1.807, 2.05) is 158 Å². The Balaban J connectivity index is 0.000000135. The Labute approximate surface area is 571 Å². The van der Waals surface area contributed by atoms with Crippen LogP contribution in [0.2, 0.25) is 20.1 Å². The lowest BCUT2D eigenvalue weighted by Crippen LogP contribution is -2.26. The number of para-hydroxylation sites is 1. The van der Waals surface area contributed by atoms with Crippen molar-refractivity contribution in [2.75, 3.05) is 71.5 Å². The van der Waals surface area contributed by atoms with Gasteiger partial charge in [-0.15, -0.1) is 0 Å². The van der Waals surface area contributed by atoms with Crippen LogP contribution in [0.15, 0.2) is 229 Å². The van der Waals surface area contributed by atoms with Crippen LogP contribution in [-0.4, -0.2) is 99.9 Å². The fourth-order valence-electron chi connectivity index (χ4n) is 11.1. The van der Waals surface area contributed by atoms with E-state index in [-0.39, 0.29) is 0 Å². The first-order valence-electron chi connectivity index (χ1n) is 31.1. The number of aromatic nitrogens is 5. The van der Waals surface area contributed by atoms with Gasteiger partial charge in [-0.1, -0.05) is 180 Å². The van der Waals surface area contributed by atoms with Gasteiger partial charge in [0.1, 0.15) is 22.1 Å². The number of pyridine rings is 2. The predicted octanol–water partition coefficient (Wildman–Crippen LogP) is 19.5. The minimum absolute atomic E-state index is 0.496. The number of rotatable bonds is 11. The number of nitrogens with zero attached hydrogens (tertiary/aromatic N) is 9. The first-order valence-corrected chi connectivity index (χ1v) is 33.4. The van der Waals surface area contributed by atoms with Crippen molar-refractivity contribution >= 4 is 129 Å². The molecule has 0 radical (unpaired) electrons. The molecule has 8 aromatic carbocycles. The lowest BCUT2D eigenvalue weighted by atomic mass is 10.00. The van der Waals surface area contributed by atoms with Crippen molar-refractivity contribution in [3.05, 3.63) is 277 Å². The van der Waals surface area contributed by atoms with Gasteiger partial charge < -0.3 is 29.9 Å². The minimum atomic E-state index is 0.496. The molecule has 2 aliphatic heterocycles. The quantitative estimate of drug-likeness (QED) is 0.128. The van der Waals surface area contributed by atoms with Crippen LogP contribution >= 0.6 is 62.3 Å². The first-order chi connectivity index (χ1) is 44.5. The fourth-order valence-corrected chi connectivity index (χ4v) is 12.2. The molecule has 14 rings (SSSR count). The summed E-state index contributed by atoms with van der Waals surface area (Å²) in [5.41, 5.74) is 16.9. The van der Waals surface area contributed by atoms with Crippen molar-refractivity contribution < 1.29 is 0 Å². The molecule has 0 bridgehead atoms. The van der Waals surface area contributed by atoms with E-state index in [2.05, 4.69) is 168 Å². The van der Waals surface area contributed by atoms with Gasteiger partial charge in [-0.2, -0.15) is 5.10 Å². The lowest BCUT2D eigenvalue weighted by molar-refractivity contribution is 0.313. The van der Waals surface area contributed by atoms with E-state index in [1.165, 1.54) is 81.0 Å². The molecule has 0 aliphatic carbocycles. The van der Waals surface area contributed by atoms with Crippen molar-refractivity contribution in [1.82, 2.24) is 39.0 Å². The van der Waals surface area contributed by atoms with Crippen LogP contribution in [0.5, 0.6) is 0 Å². The van der Waals surface area contributed by atoms with Crippen LogP contribution in [0.1, 0.15) is 47.1 Å². The molecule has 0 spiro atoms. The van der Waals surface area contributed by atoms with Gasteiger partial charge in [-0.3, -0.25) is 4.68 Å². The highest BCUT2D eigenvalue weighted by atomic mass is 79.9. The van der Waals surface area contributed by atoms with Gasteiger partial charge >= 0.3 is 0 Å². The van der Waals surface area contributed by atoms with E-state index < -0.39 is 0 Å². The molecule has 0 fully saturated rings. The SMILES string of the molecule is CN(CCCc1ccc(Cl)cc1)CCCc1ccc(Cl)cc1.CN(c1cc2ccccc2c(Br)n1)c1nc(N)cc2ccccc12.CN1CC=C(c2ccc(Cl)cc2)CC1.CN1CCc2ccccc2C1.Cn1ccc2cc(Cl)ccc21.Cn1ncc2ccccc21. The summed E-state index contributed by atoms with van der Waals surface area (Å²) >= 11 is 27.0. The van der Waals surface area contributed by atoms with Crippen LogP contribution < -0.4 is 10.6 Å². The monoisotopic (exact) mass is 1360 g/mol. The van der Waals surface area contributed by atoms with E-state index in [0.29, 0.717) is 5.82 Å². The summed E-state index contributed by atoms with van der Waals surface area (Å²) < 4.78 is 4.76. The van der Waals surface area contributed by atoms with Crippen molar-refractivity contribution in [1.29, 1.82) is 0 Å². The molecule has 10 nitrogen and oxygen atoms in total. The van der Waals surface area contributed by atoms with Gasteiger partial charge in [0.25, 0.3) is 0 Å². The Kier molecular flexibility index (Phi) is 25.7. The molecular formula is C77H81BrCl4N10. The van der Waals surface area contributed by atoms with Gasteiger partial charge in [-0.25, -0.2) is 9.97 Å². The average Bonchev–Trinajstić information content (AvgIpc) is 1.18. The maximum Gasteiger partial charge on any atom is 0.144 e. The molecule has 0 saturated heterocycles. The second kappa shape index (κ2) is 34.4. The van der Waals surface area contributed by atoms with Crippen LogP contribution in [0, 0.1) is 0 Å². The largest absolute Gasteiger partial charge is 0.384 e. The predicted molar refractivity (Wildman–Crippen MR) is 397 cm³/mol. The average molecular weight is 1370 g/mol. The first kappa shape index (κ1) is 68.8. The number of fused-ring (bicyclic) bond motifs is 5. The number of likely N-dealkylation sites (N-methyl/N-ethyl adjacent to an activating group) is 2. The maximum atomic E-state index is 5.99. The van der Waals surface area contributed by atoms with Crippen molar-refractivity contribution in [3.63, 3.8) is 0 Å². The van der Waals surface area contributed by atoms with E-state index >= 15 is 0 Å². The summed E-state index contributed by atoms with van der Waals surface area (Å²) in [5.74, 6) is 2.10. The molecule has 6 heterocycles. The highest BCUT2D eigenvalue weighted by molar-refractivity contribution is 9.10. The number of benzene rings is 8. The van der Waals surface area contributed by atoms with Crippen LogP contribution in [0.25, 0.3) is 48.9 Å². The van der Waals surface area contributed by atoms with Crippen LogP contribution in [0.4, 0.5) is 17.5 Å². The Morgan fingerprint density at radius 1 is 0.522 bits per heavy atom. The summed E-state index contributed by atoms with van der Waals surface area (Å²) in [6, 6.07) is 69.4. The third-order valence-electron chi connectivity index (χ3n) is 16.4. The molecule has 15 heteroatoms. The summed E-state index contributed by atoms with van der Waals surface area (Å²) in [7, 11) is 12.4. The van der Waals surface area contributed by atoms with Gasteiger partial charge in [0, 0.05) is 101 Å². The fraction of sp³-hybridized carbons (Fsp3) is 0.234. The normalized spacial score (nSPS) is 12.8. The molecule has 0 unspecified atom stereocenters. The molecule has 0 amide bonds. The molecule has 0 atom stereocenters. The second-order valence-electron chi connectivity index (χ2n) is 23.4. The van der Waals surface area contributed by atoms with Crippen LogP contribution in [0.3, 0.4) is 0 Å². The van der Waals surface area contributed by atoms with Gasteiger partial charge in [0.2, 0.25) is 0 Å². The zero-order valence-corrected chi connectivity index (χ0v) is 57.9. The highest BCUT2D eigenvalue weighted by Crippen LogP contribution is 2.34. The Hall–Kier alpha value is -7.55. The summed E-state index contributed by atoms with van der Waals surface area (Å²) in [6.45, 7) is 6.78. The number of nitrogens with two attached hydrogens (primary N) is 1. The number of hydrogen-bond acceptors (Lipinski definition) is 8. The summed E-state index contributed by atoms with van der Waals surface area (Å²) in [5, 5.41) is 14.0. The summed E-state index contributed by atoms with van der Waals surface area (Å²) in [6.07, 6.45) is 13.1. The molecule has 4 aromatic heterocycles. The lowest BCUT2D eigenvalue weighted by Gasteiger charge is -2.24. The second-order valence-corrected chi connectivity index (χ2v) is 25.9.